The molecule has 0 bridgehead atoms. The standard InChI is InChI=1S/C18H33N5/c1-15(2)13-23-11-7-8-16(23)12-20-18(19-3)22(5)14-17-9-6-10-21(17)4/h6,9-10,15-16H,7-8,11-14H2,1-5H3,(H,19,20)/t16-/m1/s1. The number of hydrogen-bond acceptors (Lipinski definition) is 2. The average molecular weight is 319 g/mol. The zero-order valence-electron chi connectivity index (χ0n) is 15.4. The van der Waals surface area contributed by atoms with E-state index in [1.165, 1.54) is 31.6 Å². The molecule has 1 aliphatic heterocycles. The molecule has 2 rings (SSSR count). The van der Waals surface area contributed by atoms with Crippen LogP contribution in [0.3, 0.4) is 0 Å². The molecule has 1 atom stereocenters. The fraction of sp³-hybridized carbons (Fsp3) is 0.722. The Morgan fingerprint density at radius 2 is 2.26 bits per heavy atom. The van der Waals surface area contributed by atoms with Gasteiger partial charge in [-0.1, -0.05) is 13.8 Å². The van der Waals surface area contributed by atoms with Gasteiger partial charge in [0.25, 0.3) is 0 Å². The lowest BCUT2D eigenvalue weighted by molar-refractivity contribution is 0.225. The third-order valence-electron chi connectivity index (χ3n) is 4.62. The fourth-order valence-electron chi connectivity index (χ4n) is 3.41. The van der Waals surface area contributed by atoms with Crippen LogP contribution >= 0.6 is 0 Å². The van der Waals surface area contributed by atoms with Crippen LogP contribution in [0.25, 0.3) is 0 Å². The fourth-order valence-corrected chi connectivity index (χ4v) is 3.41. The zero-order valence-corrected chi connectivity index (χ0v) is 15.4. The van der Waals surface area contributed by atoms with Gasteiger partial charge in [0, 0.05) is 52.2 Å². The number of aliphatic imine (C=N–C) groups is 1. The summed E-state index contributed by atoms with van der Waals surface area (Å²) in [5.74, 6) is 1.71. The minimum absolute atomic E-state index is 0.637. The average Bonchev–Trinajstić information content (AvgIpc) is 3.09. The van der Waals surface area contributed by atoms with Crippen LogP contribution in [0.15, 0.2) is 23.3 Å². The van der Waals surface area contributed by atoms with Crippen molar-refractivity contribution in [3.63, 3.8) is 0 Å². The summed E-state index contributed by atoms with van der Waals surface area (Å²) in [6.07, 6.45) is 4.69. The molecule has 0 unspecified atom stereocenters. The number of likely N-dealkylation sites (tertiary alicyclic amines) is 1. The van der Waals surface area contributed by atoms with Crippen LogP contribution in [0, 0.1) is 5.92 Å². The summed E-state index contributed by atoms with van der Waals surface area (Å²) in [7, 11) is 6.05. The van der Waals surface area contributed by atoms with E-state index >= 15 is 0 Å². The highest BCUT2D eigenvalue weighted by Gasteiger charge is 2.25. The molecule has 5 heteroatoms. The molecule has 2 heterocycles. The van der Waals surface area contributed by atoms with Crippen molar-refractivity contribution in [2.45, 2.75) is 39.3 Å². The Morgan fingerprint density at radius 3 is 2.87 bits per heavy atom. The zero-order chi connectivity index (χ0) is 16.8. The molecule has 0 radical (unpaired) electrons. The molecule has 23 heavy (non-hydrogen) atoms. The van der Waals surface area contributed by atoms with Crippen LogP contribution in [0.2, 0.25) is 0 Å². The van der Waals surface area contributed by atoms with Gasteiger partial charge >= 0.3 is 0 Å². The molecular weight excluding hydrogens is 286 g/mol. The molecule has 1 aromatic rings. The second-order valence-electron chi connectivity index (χ2n) is 7.08. The molecule has 1 aliphatic rings. The van der Waals surface area contributed by atoms with E-state index in [1.54, 1.807) is 0 Å². The maximum atomic E-state index is 4.45. The Balaban J connectivity index is 1.86. The van der Waals surface area contributed by atoms with Crippen LogP contribution in [-0.2, 0) is 13.6 Å². The number of hydrogen-bond donors (Lipinski definition) is 1. The number of rotatable bonds is 6. The van der Waals surface area contributed by atoms with Crippen LogP contribution in [0.1, 0.15) is 32.4 Å². The highest BCUT2D eigenvalue weighted by molar-refractivity contribution is 5.79. The SMILES string of the molecule is CN=C(NC[C@H]1CCCN1CC(C)C)N(C)Cc1cccn1C. The molecule has 130 valence electrons. The molecule has 5 nitrogen and oxygen atoms in total. The predicted octanol–water partition coefficient (Wildman–Crippen LogP) is 2.15. The highest BCUT2D eigenvalue weighted by atomic mass is 15.3. The van der Waals surface area contributed by atoms with Gasteiger partial charge in [-0.3, -0.25) is 9.89 Å². The van der Waals surface area contributed by atoms with E-state index in [-0.39, 0.29) is 0 Å². The van der Waals surface area contributed by atoms with Crippen molar-refractivity contribution in [3.05, 3.63) is 24.0 Å². The first-order valence-corrected chi connectivity index (χ1v) is 8.77. The van der Waals surface area contributed by atoms with E-state index in [2.05, 4.69) is 70.9 Å². The number of nitrogens with one attached hydrogen (secondary N) is 1. The first kappa shape index (κ1) is 17.9. The molecule has 0 aromatic carbocycles. The lowest BCUT2D eigenvalue weighted by atomic mass is 10.1. The van der Waals surface area contributed by atoms with Gasteiger partial charge in [0.1, 0.15) is 0 Å². The van der Waals surface area contributed by atoms with Crippen molar-refractivity contribution in [1.82, 2.24) is 19.7 Å². The van der Waals surface area contributed by atoms with Gasteiger partial charge in [0.2, 0.25) is 0 Å². The molecule has 1 fully saturated rings. The summed E-state index contributed by atoms with van der Waals surface area (Å²) < 4.78 is 2.16. The number of aromatic nitrogens is 1. The van der Waals surface area contributed by atoms with Gasteiger partial charge in [-0.25, -0.2) is 0 Å². The number of guanidine groups is 1. The highest BCUT2D eigenvalue weighted by Crippen LogP contribution is 2.18. The van der Waals surface area contributed by atoms with E-state index in [0.717, 1.165) is 25.0 Å². The van der Waals surface area contributed by atoms with E-state index in [0.29, 0.717) is 6.04 Å². The summed E-state index contributed by atoms with van der Waals surface area (Å²) in [5, 5.41) is 3.57. The van der Waals surface area contributed by atoms with E-state index in [4.69, 9.17) is 0 Å². The molecule has 0 saturated carbocycles. The Kier molecular flexibility index (Phi) is 6.51. The van der Waals surface area contributed by atoms with Crippen molar-refractivity contribution in [3.8, 4) is 0 Å². The molecule has 1 aromatic heterocycles. The summed E-state index contributed by atoms with van der Waals surface area (Å²) >= 11 is 0. The number of nitrogens with zero attached hydrogens (tertiary/aromatic N) is 4. The first-order chi connectivity index (χ1) is 11.0. The Labute approximate surface area is 141 Å². The van der Waals surface area contributed by atoms with Gasteiger partial charge < -0.3 is 14.8 Å². The molecule has 1 N–H and O–H groups in total. The van der Waals surface area contributed by atoms with E-state index < -0.39 is 0 Å². The largest absolute Gasteiger partial charge is 0.355 e. The van der Waals surface area contributed by atoms with Crippen molar-refractivity contribution < 1.29 is 0 Å². The molecule has 0 spiro atoms. The lowest BCUT2D eigenvalue weighted by Gasteiger charge is -2.28. The maximum Gasteiger partial charge on any atom is 0.193 e. The summed E-state index contributed by atoms with van der Waals surface area (Å²) in [4.78, 5) is 9.27. The molecule has 0 aliphatic carbocycles. The van der Waals surface area contributed by atoms with Gasteiger partial charge in [-0.2, -0.15) is 0 Å². The minimum atomic E-state index is 0.637. The van der Waals surface area contributed by atoms with Crippen molar-refractivity contribution >= 4 is 5.96 Å². The van der Waals surface area contributed by atoms with Gasteiger partial charge in [-0.15, -0.1) is 0 Å². The lowest BCUT2D eigenvalue weighted by Crippen LogP contribution is -2.46. The van der Waals surface area contributed by atoms with Gasteiger partial charge in [0.05, 0.1) is 6.54 Å². The Bertz CT molecular complexity index is 505. The summed E-state index contributed by atoms with van der Waals surface area (Å²) in [6.45, 7) is 8.89. The van der Waals surface area contributed by atoms with Crippen molar-refractivity contribution in [2.24, 2.45) is 18.0 Å². The van der Waals surface area contributed by atoms with Crippen LogP contribution in [0.5, 0.6) is 0 Å². The Morgan fingerprint density at radius 1 is 1.48 bits per heavy atom. The second-order valence-corrected chi connectivity index (χ2v) is 7.08. The third-order valence-corrected chi connectivity index (χ3v) is 4.62. The molecule has 0 amide bonds. The van der Waals surface area contributed by atoms with Crippen LogP contribution in [0.4, 0.5) is 0 Å². The molecule has 1 saturated heterocycles. The summed E-state index contributed by atoms with van der Waals surface area (Å²) in [5.41, 5.74) is 1.29. The van der Waals surface area contributed by atoms with E-state index in [9.17, 15) is 0 Å². The van der Waals surface area contributed by atoms with Gasteiger partial charge in [0.15, 0.2) is 5.96 Å². The van der Waals surface area contributed by atoms with Gasteiger partial charge in [-0.05, 0) is 37.4 Å². The predicted molar refractivity (Wildman–Crippen MR) is 97.7 cm³/mol. The van der Waals surface area contributed by atoms with Crippen LogP contribution < -0.4 is 5.32 Å². The maximum absolute atomic E-state index is 4.45. The van der Waals surface area contributed by atoms with E-state index in [1.807, 2.05) is 7.05 Å². The quantitative estimate of drug-likeness (QED) is 0.645. The monoisotopic (exact) mass is 319 g/mol. The third kappa shape index (κ3) is 4.99. The first-order valence-electron chi connectivity index (χ1n) is 8.77. The topological polar surface area (TPSA) is 35.8 Å². The summed E-state index contributed by atoms with van der Waals surface area (Å²) in [6, 6.07) is 4.88. The second kappa shape index (κ2) is 8.39. The smallest absolute Gasteiger partial charge is 0.193 e. The van der Waals surface area contributed by atoms with Crippen molar-refractivity contribution in [1.29, 1.82) is 0 Å². The Hall–Kier alpha value is -1.49. The normalized spacial score (nSPS) is 19.6. The molecular formula is C18H33N5. The van der Waals surface area contributed by atoms with Crippen molar-refractivity contribution in [2.75, 3.05) is 33.7 Å². The van der Waals surface area contributed by atoms with Crippen LogP contribution in [-0.4, -0.2) is 60.1 Å². The number of aryl methyl sites for hydroxylation is 1. The minimum Gasteiger partial charge on any atom is -0.355 e.